The van der Waals surface area contributed by atoms with E-state index in [1.165, 1.54) is 6.07 Å². The third-order valence-corrected chi connectivity index (χ3v) is 3.11. The van der Waals surface area contributed by atoms with Crippen molar-refractivity contribution in [2.45, 2.75) is 18.9 Å². The highest BCUT2D eigenvalue weighted by Gasteiger charge is 2.25. The van der Waals surface area contributed by atoms with Gasteiger partial charge in [0.25, 0.3) is 0 Å². The maximum atomic E-state index is 13.5. The van der Waals surface area contributed by atoms with Gasteiger partial charge in [0.15, 0.2) is 11.6 Å². The molecule has 0 radical (unpaired) electrons. The van der Waals surface area contributed by atoms with Crippen molar-refractivity contribution >= 4 is 0 Å². The Kier molecular flexibility index (Phi) is 3.51. The topological polar surface area (TPSA) is 35.2 Å². The summed E-state index contributed by atoms with van der Waals surface area (Å²) in [6.07, 6.45) is 1.61. The zero-order chi connectivity index (χ0) is 11.5. The van der Waals surface area contributed by atoms with Crippen molar-refractivity contribution < 1.29 is 13.5 Å². The second-order valence-electron chi connectivity index (χ2n) is 4.12. The largest absolute Gasteiger partial charge is 0.381 e. The summed E-state index contributed by atoms with van der Waals surface area (Å²) in [6, 6.07) is 3.71. The fourth-order valence-corrected chi connectivity index (χ4v) is 2.11. The van der Waals surface area contributed by atoms with Crippen LogP contribution < -0.4 is 5.73 Å². The predicted molar refractivity (Wildman–Crippen MR) is 56.8 cm³/mol. The number of benzene rings is 1. The molecule has 1 unspecified atom stereocenters. The molecule has 1 aliphatic rings. The Morgan fingerprint density at radius 2 is 1.94 bits per heavy atom. The average Bonchev–Trinajstić information content (AvgIpc) is 2.33. The van der Waals surface area contributed by atoms with E-state index in [1.807, 2.05) is 0 Å². The van der Waals surface area contributed by atoms with Crippen LogP contribution in [0, 0.1) is 17.6 Å². The zero-order valence-electron chi connectivity index (χ0n) is 8.96. The molecule has 0 aliphatic carbocycles. The van der Waals surface area contributed by atoms with Crippen molar-refractivity contribution in [2.75, 3.05) is 13.2 Å². The molecule has 4 heteroatoms. The number of hydrogen-bond donors (Lipinski definition) is 1. The van der Waals surface area contributed by atoms with Gasteiger partial charge >= 0.3 is 0 Å². The van der Waals surface area contributed by atoms with Gasteiger partial charge in [-0.3, -0.25) is 0 Å². The van der Waals surface area contributed by atoms with E-state index in [4.69, 9.17) is 10.5 Å². The normalized spacial score (nSPS) is 19.7. The Morgan fingerprint density at radius 1 is 1.25 bits per heavy atom. The molecule has 2 rings (SSSR count). The summed E-state index contributed by atoms with van der Waals surface area (Å²) >= 11 is 0. The van der Waals surface area contributed by atoms with Gasteiger partial charge in [-0.2, -0.15) is 0 Å². The fraction of sp³-hybridized carbons (Fsp3) is 0.500. The summed E-state index contributed by atoms with van der Waals surface area (Å²) in [7, 11) is 0. The summed E-state index contributed by atoms with van der Waals surface area (Å²) in [4.78, 5) is 0. The van der Waals surface area contributed by atoms with E-state index < -0.39 is 17.7 Å². The molecule has 0 spiro atoms. The second-order valence-corrected chi connectivity index (χ2v) is 4.12. The lowest BCUT2D eigenvalue weighted by atomic mass is 9.87. The number of ether oxygens (including phenoxy) is 1. The highest BCUT2D eigenvalue weighted by Crippen LogP contribution is 2.29. The van der Waals surface area contributed by atoms with Crippen LogP contribution >= 0.6 is 0 Å². The SMILES string of the molecule is NC(c1cccc(F)c1F)C1CCOCC1. The van der Waals surface area contributed by atoms with Gasteiger partial charge in [-0.05, 0) is 24.8 Å². The van der Waals surface area contributed by atoms with Gasteiger partial charge in [0.05, 0.1) is 0 Å². The van der Waals surface area contributed by atoms with Crippen molar-refractivity contribution in [3.63, 3.8) is 0 Å². The Balaban J connectivity index is 2.19. The molecule has 88 valence electrons. The minimum absolute atomic E-state index is 0.171. The van der Waals surface area contributed by atoms with Gasteiger partial charge in [-0.15, -0.1) is 0 Å². The van der Waals surface area contributed by atoms with Gasteiger partial charge in [-0.25, -0.2) is 8.78 Å². The molecule has 1 aromatic rings. The zero-order valence-corrected chi connectivity index (χ0v) is 8.96. The smallest absolute Gasteiger partial charge is 0.163 e. The maximum absolute atomic E-state index is 13.5. The Morgan fingerprint density at radius 3 is 2.62 bits per heavy atom. The lowest BCUT2D eigenvalue weighted by molar-refractivity contribution is 0.0579. The molecule has 1 heterocycles. The lowest BCUT2D eigenvalue weighted by Crippen LogP contribution is -2.28. The monoisotopic (exact) mass is 227 g/mol. The van der Waals surface area contributed by atoms with Crippen LogP contribution in [0.2, 0.25) is 0 Å². The Labute approximate surface area is 93.4 Å². The minimum atomic E-state index is -0.833. The highest BCUT2D eigenvalue weighted by molar-refractivity contribution is 5.22. The quantitative estimate of drug-likeness (QED) is 0.842. The molecule has 1 fully saturated rings. The van der Waals surface area contributed by atoms with Gasteiger partial charge in [0.1, 0.15) is 0 Å². The highest BCUT2D eigenvalue weighted by atomic mass is 19.2. The average molecular weight is 227 g/mol. The van der Waals surface area contributed by atoms with E-state index in [2.05, 4.69) is 0 Å². The van der Waals surface area contributed by atoms with Crippen LogP contribution in [0.5, 0.6) is 0 Å². The van der Waals surface area contributed by atoms with Crippen LogP contribution in [-0.4, -0.2) is 13.2 Å². The predicted octanol–water partition coefficient (Wildman–Crippen LogP) is 2.39. The number of rotatable bonds is 2. The number of halogens is 2. The van der Waals surface area contributed by atoms with Crippen molar-refractivity contribution in [3.05, 3.63) is 35.4 Å². The molecule has 2 nitrogen and oxygen atoms in total. The molecule has 1 atom stereocenters. The molecule has 0 saturated carbocycles. The molecular formula is C12H15F2NO. The second kappa shape index (κ2) is 4.89. The van der Waals surface area contributed by atoms with Crippen molar-refractivity contribution in [1.29, 1.82) is 0 Å². The van der Waals surface area contributed by atoms with E-state index in [-0.39, 0.29) is 11.5 Å². The molecule has 1 aliphatic heterocycles. The van der Waals surface area contributed by atoms with Gasteiger partial charge in [0, 0.05) is 24.8 Å². The lowest BCUT2D eigenvalue weighted by Gasteiger charge is -2.28. The van der Waals surface area contributed by atoms with Crippen LogP contribution in [0.25, 0.3) is 0 Å². The van der Waals surface area contributed by atoms with E-state index in [0.717, 1.165) is 18.9 Å². The first-order chi connectivity index (χ1) is 7.70. The van der Waals surface area contributed by atoms with E-state index in [0.29, 0.717) is 13.2 Å². The number of nitrogens with two attached hydrogens (primary N) is 1. The van der Waals surface area contributed by atoms with Crippen LogP contribution in [0.1, 0.15) is 24.4 Å². The van der Waals surface area contributed by atoms with E-state index >= 15 is 0 Å². The first kappa shape index (κ1) is 11.5. The summed E-state index contributed by atoms with van der Waals surface area (Å²) < 4.78 is 31.8. The molecule has 0 amide bonds. The third-order valence-electron chi connectivity index (χ3n) is 3.11. The Bertz CT molecular complexity index is 364. The molecule has 1 saturated heterocycles. The van der Waals surface area contributed by atoms with Gasteiger partial charge in [0.2, 0.25) is 0 Å². The van der Waals surface area contributed by atoms with Gasteiger partial charge in [-0.1, -0.05) is 12.1 Å². The number of hydrogen-bond acceptors (Lipinski definition) is 2. The van der Waals surface area contributed by atoms with Crippen LogP contribution in [0.15, 0.2) is 18.2 Å². The first-order valence-corrected chi connectivity index (χ1v) is 5.47. The standard InChI is InChI=1S/C12H15F2NO/c13-10-3-1-2-9(11(10)14)12(15)8-4-6-16-7-5-8/h1-3,8,12H,4-7,15H2. The molecule has 16 heavy (non-hydrogen) atoms. The van der Waals surface area contributed by atoms with Crippen LogP contribution in [0.4, 0.5) is 8.78 Å². The maximum Gasteiger partial charge on any atom is 0.163 e. The van der Waals surface area contributed by atoms with Crippen molar-refractivity contribution in [2.24, 2.45) is 11.7 Å². The summed E-state index contributed by atoms with van der Waals surface area (Å²) in [5.74, 6) is -1.48. The summed E-state index contributed by atoms with van der Waals surface area (Å²) in [6.45, 7) is 1.30. The molecule has 2 N–H and O–H groups in total. The van der Waals surface area contributed by atoms with Crippen molar-refractivity contribution in [1.82, 2.24) is 0 Å². The van der Waals surface area contributed by atoms with Crippen molar-refractivity contribution in [3.8, 4) is 0 Å². The molecule has 0 bridgehead atoms. The van der Waals surface area contributed by atoms with E-state index in [9.17, 15) is 8.78 Å². The Hall–Kier alpha value is -1.00. The summed E-state index contributed by atoms with van der Waals surface area (Å²) in [5, 5.41) is 0. The third kappa shape index (κ3) is 2.23. The van der Waals surface area contributed by atoms with Gasteiger partial charge < -0.3 is 10.5 Å². The van der Waals surface area contributed by atoms with Crippen LogP contribution in [-0.2, 0) is 4.74 Å². The van der Waals surface area contributed by atoms with E-state index in [1.54, 1.807) is 6.07 Å². The molecular weight excluding hydrogens is 212 g/mol. The fourth-order valence-electron chi connectivity index (χ4n) is 2.11. The minimum Gasteiger partial charge on any atom is -0.381 e. The molecule has 0 aromatic heterocycles. The van der Waals surface area contributed by atoms with Crippen LogP contribution in [0.3, 0.4) is 0 Å². The molecule has 1 aromatic carbocycles. The summed E-state index contributed by atoms with van der Waals surface area (Å²) in [5.41, 5.74) is 6.25. The first-order valence-electron chi connectivity index (χ1n) is 5.47.